The van der Waals surface area contributed by atoms with Gasteiger partial charge in [-0.15, -0.1) is 0 Å². The van der Waals surface area contributed by atoms with Crippen molar-refractivity contribution < 1.29 is 13.9 Å². The first-order chi connectivity index (χ1) is 16.2. The Morgan fingerprint density at radius 2 is 1.94 bits per heavy atom. The maximum atomic E-state index is 12.9. The second-order valence-corrected chi connectivity index (χ2v) is 10.1. The Labute approximate surface area is 227 Å². The van der Waals surface area contributed by atoms with Crippen LogP contribution in [0.1, 0.15) is 15.9 Å². The molecule has 0 radical (unpaired) electrons. The van der Waals surface area contributed by atoms with Gasteiger partial charge in [0.25, 0.3) is 5.91 Å². The molecule has 3 aromatic carbocycles. The number of carbonyl (C=O) groups excluding carboxylic acids is 1. The van der Waals surface area contributed by atoms with Gasteiger partial charge in [-0.2, -0.15) is 0 Å². The van der Waals surface area contributed by atoms with Gasteiger partial charge >= 0.3 is 0 Å². The fraction of sp³-hybridized carbons (Fsp3) is 0.0870. The molecule has 1 aromatic heterocycles. The highest BCUT2D eigenvalue weighted by Gasteiger charge is 2.19. The smallest absolute Gasteiger partial charge is 0.261 e. The molecule has 0 saturated carbocycles. The van der Waals surface area contributed by atoms with Crippen molar-refractivity contribution in [3.63, 3.8) is 0 Å². The molecular formula is C23H15Br2Cl2N3O3S. The van der Waals surface area contributed by atoms with Gasteiger partial charge in [0.15, 0.2) is 10.7 Å². The Kier molecular flexibility index (Phi) is 7.49. The van der Waals surface area contributed by atoms with Crippen LogP contribution >= 0.6 is 67.3 Å². The van der Waals surface area contributed by atoms with Gasteiger partial charge in [-0.05, 0) is 77.0 Å². The molecule has 11 heteroatoms. The summed E-state index contributed by atoms with van der Waals surface area (Å²) in [6.45, 7) is 1.89. The number of hydrogen-bond donors (Lipinski definition) is 2. The van der Waals surface area contributed by atoms with E-state index in [2.05, 4.69) is 47.5 Å². The number of aromatic nitrogens is 1. The van der Waals surface area contributed by atoms with Gasteiger partial charge in [0.05, 0.1) is 22.2 Å². The molecule has 4 rings (SSSR count). The summed E-state index contributed by atoms with van der Waals surface area (Å²) in [4.78, 5) is 17.4. The Morgan fingerprint density at radius 3 is 2.68 bits per heavy atom. The standard InChI is InChI=1S/C23H15Br2Cl2N3O3S/c1-10-13(22-28-18-9-12(26)8-16(27)20(18)33-22)4-3-5-17(10)29-23(34)30-21(31)14-6-11(24)7-15(25)19(14)32-2/h3-9H,1-2H3,(H2,29,30,31,34). The van der Waals surface area contributed by atoms with E-state index in [1.54, 1.807) is 24.3 Å². The SMILES string of the molecule is COc1c(Br)cc(Br)cc1C(=O)NC(=S)Nc1cccc(-c2nc3cc(Cl)cc(Cl)c3o2)c1C. The van der Waals surface area contributed by atoms with Crippen LogP contribution in [0, 0.1) is 6.92 Å². The third-order valence-electron chi connectivity index (χ3n) is 4.91. The lowest BCUT2D eigenvalue weighted by Crippen LogP contribution is -2.34. The average molecular weight is 644 g/mol. The highest BCUT2D eigenvalue weighted by atomic mass is 79.9. The first kappa shape index (κ1) is 24.9. The number of halogens is 4. The summed E-state index contributed by atoms with van der Waals surface area (Å²) < 4.78 is 12.6. The highest BCUT2D eigenvalue weighted by Crippen LogP contribution is 2.35. The average Bonchev–Trinajstić information content (AvgIpc) is 3.18. The van der Waals surface area contributed by atoms with Crippen molar-refractivity contribution in [2.45, 2.75) is 6.92 Å². The maximum absolute atomic E-state index is 12.9. The summed E-state index contributed by atoms with van der Waals surface area (Å²) in [5.74, 6) is 0.367. The van der Waals surface area contributed by atoms with Crippen molar-refractivity contribution in [2.24, 2.45) is 0 Å². The molecule has 6 nitrogen and oxygen atoms in total. The van der Waals surface area contributed by atoms with Crippen LogP contribution in [0.5, 0.6) is 5.75 Å². The van der Waals surface area contributed by atoms with Crippen molar-refractivity contribution in [3.05, 3.63) is 72.6 Å². The zero-order valence-corrected chi connectivity index (χ0v) is 23.1. The van der Waals surface area contributed by atoms with Gasteiger partial charge in [-0.3, -0.25) is 10.1 Å². The monoisotopic (exact) mass is 641 g/mol. The number of anilines is 1. The van der Waals surface area contributed by atoms with Crippen LogP contribution < -0.4 is 15.4 Å². The van der Waals surface area contributed by atoms with Crippen molar-refractivity contribution in [2.75, 3.05) is 12.4 Å². The second kappa shape index (κ2) is 10.2. The molecule has 0 saturated heterocycles. The Balaban J connectivity index is 1.58. The minimum Gasteiger partial charge on any atom is -0.495 e. The molecule has 0 bridgehead atoms. The Morgan fingerprint density at radius 1 is 1.18 bits per heavy atom. The predicted molar refractivity (Wildman–Crippen MR) is 146 cm³/mol. The van der Waals surface area contributed by atoms with Crippen LogP contribution in [0.3, 0.4) is 0 Å². The van der Waals surface area contributed by atoms with E-state index < -0.39 is 5.91 Å². The molecule has 4 aromatic rings. The second-order valence-electron chi connectivity index (χ2n) is 7.11. The first-order valence-corrected chi connectivity index (χ1v) is 12.4. The number of nitrogens with one attached hydrogen (secondary N) is 2. The van der Waals surface area contributed by atoms with Gasteiger partial charge in [0, 0.05) is 20.7 Å². The van der Waals surface area contributed by atoms with E-state index in [9.17, 15) is 4.79 Å². The maximum Gasteiger partial charge on any atom is 0.261 e. The number of carbonyl (C=O) groups is 1. The summed E-state index contributed by atoms with van der Waals surface area (Å²) in [6.07, 6.45) is 0. The molecule has 174 valence electrons. The van der Waals surface area contributed by atoms with Crippen LogP contribution in [0.4, 0.5) is 5.69 Å². The highest BCUT2D eigenvalue weighted by molar-refractivity contribution is 9.11. The predicted octanol–water partition coefficient (Wildman–Crippen LogP) is 7.77. The van der Waals surface area contributed by atoms with Gasteiger partial charge in [-0.1, -0.05) is 45.2 Å². The van der Waals surface area contributed by atoms with E-state index in [0.29, 0.717) is 53.0 Å². The largest absolute Gasteiger partial charge is 0.495 e. The minimum atomic E-state index is -0.421. The third-order valence-corrected chi connectivity index (χ3v) is 6.66. The number of hydrogen-bond acceptors (Lipinski definition) is 5. The van der Waals surface area contributed by atoms with E-state index in [1.165, 1.54) is 7.11 Å². The molecule has 1 heterocycles. The number of oxazole rings is 1. The fourth-order valence-electron chi connectivity index (χ4n) is 3.34. The summed E-state index contributed by atoms with van der Waals surface area (Å²) in [6, 6.07) is 12.3. The molecular weight excluding hydrogens is 629 g/mol. The van der Waals surface area contributed by atoms with E-state index in [0.717, 1.165) is 11.1 Å². The molecule has 0 spiro atoms. The Bertz CT molecular complexity index is 1460. The molecule has 34 heavy (non-hydrogen) atoms. The molecule has 0 unspecified atom stereocenters. The topological polar surface area (TPSA) is 76.4 Å². The van der Waals surface area contributed by atoms with Crippen molar-refractivity contribution in [1.29, 1.82) is 0 Å². The quantitative estimate of drug-likeness (QED) is 0.221. The summed E-state index contributed by atoms with van der Waals surface area (Å²) in [5.41, 5.74) is 3.56. The van der Waals surface area contributed by atoms with E-state index >= 15 is 0 Å². The molecule has 2 N–H and O–H groups in total. The number of amides is 1. The molecule has 0 aliphatic heterocycles. The zero-order chi connectivity index (χ0) is 24.6. The lowest BCUT2D eigenvalue weighted by molar-refractivity contribution is 0.0974. The van der Waals surface area contributed by atoms with E-state index in [1.807, 2.05) is 25.1 Å². The fourth-order valence-corrected chi connectivity index (χ4v) is 5.45. The van der Waals surface area contributed by atoms with Crippen molar-refractivity contribution >= 4 is 95.1 Å². The zero-order valence-electron chi connectivity index (χ0n) is 17.6. The Hall–Kier alpha value is -2.17. The molecule has 0 fully saturated rings. The molecule has 0 aliphatic rings. The van der Waals surface area contributed by atoms with Gasteiger partial charge < -0.3 is 14.5 Å². The summed E-state index contributed by atoms with van der Waals surface area (Å²) in [7, 11) is 1.49. The van der Waals surface area contributed by atoms with E-state index in [4.69, 9.17) is 44.6 Å². The normalized spacial score (nSPS) is 10.9. The number of nitrogens with zero attached hydrogens (tertiary/aromatic N) is 1. The third kappa shape index (κ3) is 5.08. The molecule has 1 amide bonds. The first-order valence-electron chi connectivity index (χ1n) is 9.69. The number of methoxy groups -OCH3 is 1. The summed E-state index contributed by atoms with van der Waals surface area (Å²) in [5, 5.41) is 6.72. The van der Waals surface area contributed by atoms with Crippen LogP contribution in [0.15, 0.2) is 55.8 Å². The van der Waals surface area contributed by atoms with Crippen molar-refractivity contribution in [1.82, 2.24) is 10.3 Å². The van der Waals surface area contributed by atoms with E-state index in [-0.39, 0.29) is 5.11 Å². The molecule has 0 aliphatic carbocycles. The number of ether oxygens (including phenoxy) is 1. The van der Waals surface area contributed by atoms with Gasteiger partial charge in [0.1, 0.15) is 11.3 Å². The van der Waals surface area contributed by atoms with Crippen LogP contribution in [0.2, 0.25) is 10.0 Å². The number of fused-ring (bicyclic) bond motifs is 1. The lowest BCUT2D eigenvalue weighted by Gasteiger charge is -2.15. The number of benzene rings is 3. The van der Waals surface area contributed by atoms with Crippen LogP contribution in [0.25, 0.3) is 22.6 Å². The van der Waals surface area contributed by atoms with Gasteiger partial charge in [0.2, 0.25) is 5.89 Å². The number of rotatable bonds is 4. The van der Waals surface area contributed by atoms with Gasteiger partial charge in [-0.25, -0.2) is 4.98 Å². The number of thiocarbonyl (C=S) groups is 1. The van der Waals surface area contributed by atoms with Crippen LogP contribution in [-0.4, -0.2) is 23.1 Å². The summed E-state index contributed by atoms with van der Waals surface area (Å²) >= 11 is 24.5. The van der Waals surface area contributed by atoms with Crippen LogP contribution in [-0.2, 0) is 0 Å². The van der Waals surface area contributed by atoms with Crippen molar-refractivity contribution in [3.8, 4) is 17.2 Å². The minimum absolute atomic E-state index is 0.121. The molecule has 0 atom stereocenters. The lowest BCUT2D eigenvalue weighted by atomic mass is 10.1.